The molecule has 0 spiro atoms. The van der Waals surface area contributed by atoms with Crippen LogP contribution in [0.15, 0.2) is 43.1 Å². The van der Waals surface area contributed by atoms with Gasteiger partial charge in [0.15, 0.2) is 11.5 Å². The Morgan fingerprint density at radius 1 is 0.743 bits per heavy atom. The van der Waals surface area contributed by atoms with E-state index in [0.29, 0.717) is 24.4 Å². The molecule has 2 aromatic heterocycles. The van der Waals surface area contributed by atoms with Gasteiger partial charge in [-0.1, -0.05) is 34.1 Å². The number of rotatable bonds is 16. The molecule has 0 saturated carbocycles. The molecule has 35 heavy (non-hydrogen) atoms. The predicted octanol–water partition coefficient (Wildman–Crippen LogP) is 6.26. The van der Waals surface area contributed by atoms with E-state index in [2.05, 4.69) is 27.7 Å². The molecular formula is C27H40O6S2. The van der Waals surface area contributed by atoms with Crippen LogP contribution in [0.4, 0.5) is 0 Å². The third-order valence-corrected chi connectivity index (χ3v) is 8.98. The Kier molecular flexibility index (Phi) is 11.8. The van der Waals surface area contributed by atoms with E-state index >= 15 is 0 Å². The first-order valence-corrected chi connectivity index (χ1v) is 14.6. The molecule has 1 unspecified atom stereocenters. The number of thioether (sulfide) groups is 2. The molecular weight excluding hydrogens is 484 g/mol. The number of aromatic hydroxyl groups is 2. The second-order valence-corrected chi connectivity index (χ2v) is 12.7. The molecule has 0 aliphatic rings. The van der Waals surface area contributed by atoms with Crippen molar-refractivity contribution in [3.05, 3.63) is 56.6 Å². The summed E-state index contributed by atoms with van der Waals surface area (Å²) in [7, 11) is 0. The molecule has 6 nitrogen and oxygen atoms in total. The SMILES string of the molecule is CCC(C)(CCSCCSCCC(C)(C)CCc1cc(=O)c(O)co1)CCc1cc(=O)c(O)co1. The summed E-state index contributed by atoms with van der Waals surface area (Å²) in [4.78, 5) is 23.1. The van der Waals surface area contributed by atoms with E-state index < -0.39 is 0 Å². The number of hydrogen-bond donors (Lipinski definition) is 2. The summed E-state index contributed by atoms with van der Waals surface area (Å²) < 4.78 is 10.7. The molecule has 0 aliphatic carbocycles. The topological polar surface area (TPSA) is 101 Å². The summed E-state index contributed by atoms with van der Waals surface area (Å²) >= 11 is 3.99. The lowest BCUT2D eigenvalue weighted by Crippen LogP contribution is -2.18. The van der Waals surface area contributed by atoms with Crippen molar-refractivity contribution in [2.45, 2.75) is 72.6 Å². The van der Waals surface area contributed by atoms with Gasteiger partial charge in [-0.05, 0) is 48.0 Å². The average Bonchev–Trinajstić information content (AvgIpc) is 2.82. The molecule has 2 N–H and O–H groups in total. The van der Waals surface area contributed by atoms with Crippen molar-refractivity contribution in [1.29, 1.82) is 0 Å². The normalized spacial score (nSPS) is 13.6. The van der Waals surface area contributed by atoms with Crippen LogP contribution in [0, 0.1) is 10.8 Å². The minimum atomic E-state index is -0.387. The van der Waals surface area contributed by atoms with Crippen LogP contribution in [-0.2, 0) is 12.8 Å². The minimum Gasteiger partial charge on any atom is -0.502 e. The molecule has 0 radical (unpaired) electrons. The van der Waals surface area contributed by atoms with Crippen LogP contribution in [0.2, 0.25) is 0 Å². The van der Waals surface area contributed by atoms with Gasteiger partial charge >= 0.3 is 0 Å². The molecule has 2 heterocycles. The molecule has 196 valence electrons. The predicted molar refractivity (Wildman–Crippen MR) is 146 cm³/mol. The molecule has 8 heteroatoms. The fourth-order valence-corrected chi connectivity index (χ4v) is 6.31. The van der Waals surface area contributed by atoms with Crippen molar-refractivity contribution < 1.29 is 19.0 Å². The smallest absolute Gasteiger partial charge is 0.226 e. The van der Waals surface area contributed by atoms with Crippen LogP contribution in [-0.4, -0.2) is 33.2 Å². The van der Waals surface area contributed by atoms with E-state index in [1.165, 1.54) is 12.1 Å². The van der Waals surface area contributed by atoms with Gasteiger partial charge in [0.25, 0.3) is 0 Å². The van der Waals surface area contributed by atoms with Crippen molar-refractivity contribution in [3.8, 4) is 11.5 Å². The van der Waals surface area contributed by atoms with E-state index in [0.717, 1.165) is 67.6 Å². The van der Waals surface area contributed by atoms with Gasteiger partial charge in [-0.25, -0.2) is 0 Å². The van der Waals surface area contributed by atoms with E-state index in [-0.39, 0.29) is 33.2 Å². The third-order valence-electron chi connectivity index (χ3n) is 6.75. The summed E-state index contributed by atoms with van der Waals surface area (Å²) in [5.41, 5.74) is -0.401. The van der Waals surface area contributed by atoms with Crippen molar-refractivity contribution in [2.24, 2.45) is 10.8 Å². The van der Waals surface area contributed by atoms with Gasteiger partial charge in [-0.3, -0.25) is 9.59 Å². The maximum atomic E-state index is 11.6. The van der Waals surface area contributed by atoms with Crippen molar-refractivity contribution >= 4 is 23.5 Å². The Labute approximate surface area is 216 Å². The zero-order valence-electron chi connectivity index (χ0n) is 21.4. The van der Waals surface area contributed by atoms with Gasteiger partial charge in [0.2, 0.25) is 10.9 Å². The molecule has 2 rings (SSSR count). The van der Waals surface area contributed by atoms with Crippen LogP contribution in [0.5, 0.6) is 11.5 Å². The van der Waals surface area contributed by atoms with E-state index in [4.69, 9.17) is 8.83 Å². The Hall–Kier alpha value is -1.80. The third kappa shape index (κ3) is 10.8. The van der Waals surface area contributed by atoms with Gasteiger partial charge in [0.05, 0.1) is 0 Å². The summed E-state index contributed by atoms with van der Waals surface area (Å²) in [6.45, 7) is 9.00. The Balaban J connectivity index is 1.58. The summed E-state index contributed by atoms with van der Waals surface area (Å²) in [6.07, 6.45) is 8.84. The first kappa shape index (κ1) is 29.4. The highest BCUT2D eigenvalue weighted by Crippen LogP contribution is 2.33. The first-order valence-electron chi connectivity index (χ1n) is 12.3. The van der Waals surface area contributed by atoms with Crippen LogP contribution in [0.1, 0.15) is 71.3 Å². The summed E-state index contributed by atoms with van der Waals surface area (Å²) in [6, 6.07) is 2.77. The lowest BCUT2D eigenvalue weighted by atomic mass is 9.80. The van der Waals surface area contributed by atoms with E-state index in [9.17, 15) is 19.8 Å². The van der Waals surface area contributed by atoms with E-state index in [1.807, 2.05) is 23.5 Å². The standard InChI is InChI=1S/C27H40O6S2/c1-5-27(4,9-7-21-17-23(29)25(31)19-33-21)11-13-35-15-14-34-12-10-26(2,3)8-6-20-16-22(28)24(30)18-32-20/h16-19,30-31H,5-15H2,1-4H3. The van der Waals surface area contributed by atoms with E-state index in [1.54, 1.807) is 0 Å². The molecule has 0 amide bonds. The Morgan fingerprint density at radius 2 is 1.23 bits per heavy atom. The maximum Gasteiger partial charge on any atom is 0.226 e. The highest BCUT2D eigenvalue weighted by molar-refractivity contribution is 8.02. The maximum absolute atomic E-state index is 11.6. The molecule has 0 saturated heterocycles. The van der Waals surface area contributed by atoms with Gasteiger partial charge in [-0.2, -0.15) is 23.5 Å². The van der Waals surface area contributed by atoms with Gasteiger partial charge < -0.3 is 19.0 Å². The molecule has 0 bridgehead atoms. The zero-order valence-corrected chi connectivity index (χ0v) is 23.1. The van der Waals surface area contributed by atoms with Crippen LogP contribution in [0.3, 0.4) is 0 Å². The fourth-order valence-electron chi connectivity index (χ4n) is 3.63. The van der Waals surface area contributed by atoms with Crippen LogP contribution in [0.25, 0.3) is 0 Å². The van der Waals surface area contributed by atoms with Crippen LogP contribution >= 0.6 is 23.5 Å². The Morgan fingerprint density at radius 3 is 1.71 bits per heavy atom. The number of hydrogen-bond acceptors (Lipinski definition) is 8. The molecule has 0 aliphatic heterocycles. The highest BCUT2D eigenvalue weighted by atomic mass is 32.2. The molecule has 0 fully saturated rings. The minimum absolute atomic E-state index is 0.163. The van der Waals surface area contributed by atoms with Gasteiger partial charge in [0.1, 0.15) is 24.0 Å². The second kappa shape index (κ2) is 14.1. The average molecular weight is 525 g/mol. The monoisotopic (exact) mass is 524 g/mol. The summed E-state index contributed by atoms with van der Waals surface area (Å²) in [5.74, 6) is 5.07. The fraction of sp³-hybridized carbons (Fsp3) is 0.630. The lowest BCUT2D eigenvalue weighted by Gasteiger charge is -2.28. The van der Waals surface area contributed by atoms with Crippen LogP contribution < -0.4 is 10.9 Å². The molecule has 2 aromatic rings. The zero-order chi connectivity index (χ0) is 25.9. The second-order valence-electron chi connectivity index (χ2n) is 10.2. The van der Waals surface area contributed by atoms with Gasteiger partial charge in [-0.15, -0.1) is 0 Å². The van der Waals surface area contributed by atoms with Gasteiger partial charge in [0, 0.05) is 36.5 Å². The van der Waals surface area contributed by atoms with Crippen molar-refractivity contribution in [2.75, 3.05) is 23.0 Å². The van der Waals surface area contributed by atoms with Crippen molar-refractivity contribution in [1.82, 2.24) is 0 Å². The van der Waals surface area contributed by atoms with Crippen molar-refractivity contribution in [3.63, 3.8) is 0 Å². The quantitative estimate of drug-likeness (QED) is 0.248. The molecule has 0 aromatic carbocycles. The largest absolute Gasteiger partial charge is 0.502 e. The number of aryl methyl sites for hydroxylation is 2. The Bertz CT molecular complexity index is 1030. The lowest BCUT2D eigenvalue weighted by molar-refractivity contribution is 0.266. The molecule has 1 atom stereocenters. The first-order chi connectivity index (χ1) is 16.5. The highest BCUT2D eigenvalue weighted by Gasteiger charge is 2.22. The summed E-state index contributed by atoms with van der Waals surface area (Å²) in [5, 5.41) is 18.6.